The van der Waals surface area contributed by atoms with Crippen molar-refractivity contribution in [3.05, 3.63) is 65.2 Å². The number of hydrogen-bond acceptors (Lipinski definition) is 5. The first-order valence-corrected chi connectivity index (χ1v) is 10.2. The molecular formula is C19H14F3N3OS2. The number of aromatic nitrogens is 1. The summed E-state index contributed by atoms with van der Waals surface area (Å²) in [5, 5.41) is 4.16. The maximum Gasteiger partial charge on any atom is 0.418 e. The molecule has 0 saturated carbocycles. The van der Waals surface area contributed by atoms with Gasteiger partial charge in [0.05, 0.1) is 26.8 Å². The number of nitrogens with zero attached hydrogens (tertiary/aromatic N) is 2. The Morgan fingerprint density at radius 3 is 2.75 bits per heavy atom. The van der Waals surface area contributed by atoms with Gasteiger partial charge in [-0.3, -0.25) is 4.79 Å². The summed E-state index contributed by atoms with van der Waals surface area (Å²) in [5.74, 6) is 0.299. The van der Waals surface area contributed by atoms with E-state index in [0.717, 1.165) is 34.1 Å². The lowest BCUT2D eigenvalue weighted by Gasteiger charge is -2.28. The van der Waals surface area contributed by atoms with E-state index in [2.05, 4.69) is 15.2 Å². The van der Waals surface area contributed by atoms with Crippen LogP contribution >= 0.6 is 23.1 Å². The molecule has 0 bridgehead atoms. The van der Waals surface area contributed by atoms with Crippen molar-refractivity contribution in [1.82, 2.24) is 4.98 Å². The first-order chi connectivity index (χ1) is 13.4. The van der Waals surface area contributed by atoms with Crippen molar-refractivity contribution in [3.63, 3.8) is 0 Å². The van der Waals surface area contributed by atoms with Gasteiger partial charge in [-0.15, -0.1) is 23.1 Å². The Balaban J connectivity index is 1.57. The smallest absolute Gasteiger partial charge is 0.330 e. The quantitative estimate of drug-likeness (QED) is 0.593. The molecule has 3 heterocycles. The Morgan fingerprint density at radius 1 is 1.11 bits per heavy atom. The molecule has 0 radical (unpaired) electrons. The van der Waals surface area contributed by atoms with Crippen molar-refractivity contribution in [2.75, 3.05) is 22.5 Å². The van der Waals surface area contributed by atoms with Crippen molar-refractivity contribution >= 4 is 45.4 Å². The number of pyridine rings is 1. The summed E-state index contributed by atoms with van der Waals surface area (Å²) in [4.78, 5) is 19.3. The minimum absolute atomic E-state index is 0.251. The van der Waals surface area contributed by atoms with Crippen LogP contribution in [0.3, 0.4) is 0 Å². The Hall–Kier alpha value is -2.52. The summed E-state index contributed by atoms with van der Waals surface area (Å²) in [6.07, 6.45) is -2.80. The lowest BCUT2D eigenvalue weighted by molar-refractivity contribution is -0.136. The van der Waals surface area contributed by atoms with Crippen LogP contribution in [0, 0.1) is 0 Å². The molecule has 0 atom stereocenters. The molecule has 1 aromatic carbocycles. The van der Waals surface area contributed by atoms with Gasteiger partial charge in [0, 0.05) is 18.5 Å². The molecule has 1 aliphatic heterocycles. The Morgan fingerprint density at radius 2 is 1.93 bits per heavy atom. The molecule has 0 unspecified atom stereocenters. The van der Waals surface area contributed by atoms with Crippen molar-refractivity contribution in [2.45, 2.75) is 11.2 Å². The third-order valence-corrected chi connectivity index (χ3v) is 6.24. The van der Waals surface area contributed by atoms with E-state index in [1.807, 2.05) is 18.2 Å². The first-order valence-electron chi connectivity index (χ1n) is 8.36. The lowest BCUT2D eigenvalue weighted by Crippen LogP contribution is -2.23. The fourth-order valence-corrected chi connectivity index (χ4v) is 4.77. The number of carbonyl (C=O) groups excluding carboxylic acids is 1. The molecule has 0 spiro atoms. The second kappa shape index (κ2) is 7.48. The second-order valence-corrected chi connectivity index (χ2v) is 8.11. The van der Waals surface area contributed by atoms with Crippen LogP contribution in [-0.4, -0.2) is 23.2 Å². The summed E-state index contributed by atoms with van der Waals surface area (Å²) < 4.78 is 39.4. The number of hydrogen-bond donors (Lipinski definition) is 1. The molecule has 2 aromatic heterocycles. The molecule has 4 rings (SSSR count). The standard InChI is InChI=1S/C19H14F3N3OS2/c20-19(21,22)12-4-1-2-5-13(12)24-17(26)15-7-8-16(28-15)25-10-11-27-18-14(25)6-3-9-23-18/h1-9H,10-11H2,(H,24,26). The molecule has 1 amide bonds. The number of halogens is 3. The van der Waals surface area contributed by atoms with Gasteiger partial charge in [-0.1, -0.05) is 12.1 Å². The average molecular weight is 421 g/mol. The molecule has 0 saturated heterocycles. The largest absolute Gasteiger partial charge is 0.418 e. The minimum atomic E-state index is -4.54. The van der Waals surface area contributed by atoms with Gasteiger partial charge in [0.15, 0.2) is 0 Å². The lowest BCUT2D eigenvalue weighted by atomic mass is 10.1. The number of carbonyl (C=O) groups is 1. The van der Waals surface area contributed by atoms with Gasteiger partial charge in [-0.2, -0.15) is 13.2 Å². The van der Waals surface area contributed by atoms with E-state index in [9.17, 15) is 18.0 Å². The predicted molar refractivity (Wildman–Crippen MR) is 106 cm³/mol. The van der Waals surface area contributed by atoms with Crippen molar-refractivity contribution in [2.24, 2.45) is 0 Å². The maximum absolute atomic E-state index is 13.1. The predicted octanol–water partition coefficient (Wildman–Crippen LogP) is 5.66. The highest BCUT2D eigenvalue weighted by molar-refractivity contribution is 7.99. The minimum Gasteiger partial charge on any atom is -0.330 e. The fourth-order valence-electron chi connectivity index (χ4n) is 2.90. The van der Waals surface area contributed by atoms with E-state index in [4.69, 9.17) is 0 Å². The first kappa shape index (κ1) is 18.8. The van der Waals surface area contributed by atoms with Gasteiger partial charge in [0.25, 0.3) is 5.91 Å². The molecule has 9 heteroatoms. The zero-order valence-corrected chi connectivity index (χ0v) is 16.0. The van der Waals surface area contributed by atoms with Gasteiger partial charge < -0.3 is 10.2 Å². The van der Waals surface area contributed by atoms with Gasteiger partial charge in [-0.25, -0.2) is 4.98 Å². The monoisotopic (exact) mass is 421 g/mol. The number of benzene rings is 1. The molecular weight excluding hydrogens is 407 g/mol. The zero-order chi connectivity index (χ0) is 19.7. The summed E-state index contributed by atoms with van der Waals surface area (Å²) in [5.41, 5.74) is -0.151. The van der Waals surface area contributed by atoms with Crippen LogP contribution in [-0.2, 0) is 6.18 Å². The van der Waals surface area contributed by atoms with Crippen LogP contribution < -0.4 is 10.2 Å². The highest BCUT2D eigenvalue weighted by atomic mass is 32.2. The molecule has 0 aliphatic carbocycles. The molecule has 4 nitrogen and oxygen atoms in total. The molecule has 1 N–H and O–H groups in total. The maximum atomic E-state index is 13.1. The van der Waals surface area contributed by atoms with E-state index in [1.165, 1.54) is 29.5 Å². The molecule has 0 fully saturated rings. The third-order valence-electron chi connectivity index (χ3n) is 4.16. The Bertz CT molecular complexity index is 1020. The van der Waals surface area contributed by atoms with Gasteiger partial charge >= 0.3 is 6.18 Å². The molecule has 28 heavy (non-hydrogen) atoms. The molecule has 1 aliphatic rings. The number of fused-ring (bicyclic) bond motifs is 1. The SMILES string of the molecule is O=C(Nc1ccccc1C(F)(F)F)c1ccc(N2CCSc3ncccc32)s1. The zero-order valence-electron chi connectivity index (χ0n) is 14.4. The number of thiophene rings is 1. The summed E-state index contributed by atoms with van der Waals surface area (Å²) in [6, 6.07) is 12.2. The summed E-state index contributed by atoms with van der Waals surface area (Å²) >= 11 is 2.91. The van der Waals surface area contributed by atoms with Crippen LogP contribution in [0.1, 0.15) is 15.2 Å². The van der Waals surface area contributed by atoms with Gasteiger partial charge in [0.2, 0.25) is 0 Å². The van der Waals surface area contributed by atoms with E-state index >= 15 is 0 Å². The van der Waals surface area contributed by atoms with E-state index in [-0.39, 0.29) is 5.69 Å². The number of para-hydroxylation sites is 1. The van der Waals surface area contributed by atoms with Crippen molar-refractivity contribution in [1.29, 1.82) is 0 Å². The van der Waals surface area contributed by atoms with E-state index < -0.39 is 17.6 Å². The van der Waals surface area contributed by atoms with Crippen molar-refractivity contribution < 1.29 is 18.0 Å². The average Bonchev–Trinajstić information content (AvgIpc) is 3.17. The Labute approximate surface area is 167 Å². The second-order valence-electron chi connectivity index (χ2n) is 5.96. The summed E-state index contributed by atoms with van der Waals surface area (Å²) in [6.45, 7) is 0.766. The highest BCUT2D eigenvalue weighted by Gasteiger charge is 2.33. The van der Waals surface area contributed by atoms with Crippen LogP contribution in [0.25, 0.3) is 0 Å². The Kier molecular flexibility index (Phi) is 5.03. The van der Waals surface area contributed by atoms with Gasteiger partial charge in [-0.05, 0) is 36.4 Å². The third kappa shape index (κ3) is 3.72. The molecule has 144 valence electrons. The summed E-state index contributed by atoms with van der Waals surface area (Å²) in [7, 11) is 0. The van der Waals surface area contributed by atoms with Crippen LogP contribution in [0.2, 0.25) is 0 Å². The highest BCUT2D eigenvalue weighted by Crippen LogP contribution is 2.40. The number of alkyl halides is 3. The van der Waals surface area contributed by atoms with Crippen LogP contribution in [0.5, 0.6) is 0 Å². The van der Waals surface area contributed by atoms with Crippen LogP contribution in [0.4, 0.5) is 29.5 Å². The number of thioether (sulfide) groups is 1. The number of amides is 1. The number of rotatable bonds is 3. The number of anilines is 3. The van der Waals surface area contributed by atoms with Crippen LogP contribution in [0.15, 0.2) is 59.8 Å². The molecule has 3 aromatic rings. The normalized spacial score (nSPS) is 13.9. The van der Waals surface area contributed by atoms with Gasteiger partial charge in [0.1, 0.15) is 5.03 Å². The number of nitrogens with one attached hydrogen (secondary N) is 1. The topological polar surface area (TPSA) is 45.2 Å². The van der Waals surface area contributed by atoms with E-state index in [0.29, 0.717) is 4.88 Å². The van der Waals surface area contributed by atoms with E-state index in [1.54, 1.807) is 24.0 Å². The fraction of sp³-hybridized carbons (Fsp3) is 0.158. The van der Waals surface area contributed by atoms with Crippen molar-refractivity contribution in [3.8, 4) is 0 Å².